The fourth-order valence-corrected chi connectivity index (χ4v) is 3.42. The average Bonchev–Trinajstić information content (AvgIpc) is 2.65. The Morgan fingerprint density at radius 2 is 1.89 bits per heavy atom. The van der Waals surface area contributed by atoms with Gasteiger partial charge in [0.2, 0.25) is 0 Å². The molecule has 0 spiro atoms. The van der Waals surface area contributed by atoms with Gasteiger partial charge in [0, 0.05) is 13.2 Å². The third-order valence-electron chi connectivity index (χ3n) is 4.34. The van der Waals surface area contributed by atoms with Crippen molar-refractivity contribution in [1.82, 2.24) is 5.32 Å². The molecule has 0 saturated carbocycles. The molecule has 4 nitrogen and oxygen atoms in total. The fourth-order valence-electron chi connectivity index (χ4n) is 2.82. The molecule has 0 bridgehead atoms. The van der Waals surface area contributed by atoms with Crippen LogP contribution in [0.25, 0.3) is 0 Å². The Hall–Kier alpha value is -1.56. The first-order chi connectivity index (χ1) is 13.2. The number of aliphatic hydroxyl groups excluding tert-OH is 1. The highest BCUT2D eigenvalue weighted by Gasteiger charge is 2.13. The molecule has 0 aromatic heterocycles. The van der Waals surface area contributed by atoms with Crippen molar-refractivity contribution < 1.29 is 14.6 Å². The number of benzene rings is 2. The van der Waals surface area contributed by atoms with Crippen molar-refractivity contribution in [2.24, 2.45) is 0 Å². The van der Waals surface area contributed by atoms with Gasteiger partial charge in [-0.2, -0.15) is 0 Å². The quantitative estimate of drug-likeness (QED) is 0.461. The van der Waals surface area contributed by atoms with Gasteiger partial charge < -0.3 is 19.9 Å². The van der Waals surface area contributed by atoms with Crippen LogP contribution in [0.2, 0.25) is 0 Å². The third-order valence-corrected chi connectivity index (χ3v) is 4.93. The first kappa shape index (κ1) is 21.7. The molecule has 0 radical (unpaired) electrons. The number of aliphatic hydroxyl groups is 1. The van der Waals surface area contributed by atoms with Gasteiger partial charge in [0.1, 0.15) is 6.61 Å². The van der Waals surface area contributed by atoms with Gasteiger partial charge >= 0.3 is 0 Å². The summed E-state index contributed by atoms with van der Waals surface area (Å²) in [6.07, 6.45) is 2.98. The van der Waals surface area contributed by atoms with Gasteiger partial charge in [0.05, 0.1) is 11.1 Å². The summed E-state index contributed by atoms with van der Waals surface area (Å²) in [5.41, 5.74) is 3.53. The predicted octanol–water partition coefficient (Wildman–Crippen LogP) is 4.99. The number of ether oxygens (including phenoxy) is 2. The molecule has 0 aliphatic rings. The highest BCUT2D eigenvalue weighted by molar-refractivity contribution is 9.10. The Morgan fingerprint density at radius 1 is 1.07 bits per heavy atom. The van der Waals surface area contributed by atoms with Crippen LogP contribution in [-0.4, -0.2) is 24.9 Å². The molecule has 148 valence electrons. The molecular formula is C22H30BrNO3. The maximum atomic E-state index is 8.82. The highest BCUT2D eigenvalue weighted by atomic mass is 79.9. The minimum Gasteiger partial charge on any atom is -0.490 e. The molecule has 0 aliphatic carbocycles. The van der Waals surface area contributed by atoms with Gasteiger partial charge in [-0.15, -0.1) is 0 Å². The Morgan fingerprint density at radius 3 is 2.63 bits per heavy atom. The van der Waals surface area contributed by atoms with Gasteiger partial charge in [-0.3, -0.25) is 0 Å². The van der Waals surface area contributed by atoms with Crippen LogP contribution < -0.4 is 14.8 Å². The Kier molecular flexibility index (Phi) is 9.67. The molecule has 2 rings (SSSR count). The lowest BCUT2D eigenvalue weighted by molar-refractivity contribution is 0.267. The van der Waals surface area contributed by atoms with Crippen molar-refractivity contribution >= 4 is 15.9 Å². The van der Waals surface area contributed by atoms with E-state index in [1.165, 1.54) is 11.1 Å². The molecule has 0 amide bonds. The molecule has 2 aromatic rings. The van der Waals surface area contributed by atoms with E-state index in [-0.39, 0.29) is 6.61 Å². The molecule has 0 aliphatic heterocycles. The lowest BCUT2D eigenvalue weighted by atomic mass is 10.1. The van der Waals surface area contributed by atoms with Crippen molar-refractivity contribution in [3.05, 3.63) is 57.6 Å². The van der Waals surface area contributed by atoms with Crippen LogP contribution >= 0.6 is 15.9 Å². The molecule has 27 heavy (non-hydrogen) atoms. The van der Waals surface area contributed by atoms with Crippen LogP contribution in [0.1, 0.15) is 42.9 Å². The standard InChI is InChI=1S/C22H30BrNO3/c1-3-26-21-14-18(15-24-11-7-4-8-12-25)13-20(23)22(21)27-16-19-10-6-5-9-17(19)2/h5-6,9-10,13-14,24-25H,3-4,7-8,11-12,15-16H2,1-2H3. The zero-order chi connectivity index (χ0) is 19.5. The fraction of sp³-hybridized carbons (Fsp3) is 0.455. The number of hydrogen-bond donors (Lipinski definition) is 2. The first-order valence-electron chi connectivity index (χ1n) is 9.59. The van der Waals surface area contributed by atoms with Crippen LogP contribution in [-0.2, 0) is 13.2 Å². The molecule has 0 fully saturated rings. The number of halogens is 1. The van der Waals surface area contributed by atoms with Crippen LogP contribution in [0.3, 0.4) is 0 Å². The average molecular weight is 436 g/mol. The second-order valence-corrected chi connectivity index (χ2v) is 7.37. The normalized spacial score (nSPS) is 10.8. The molecule has 2 N–H and O–H groups in total. The molecular weight excluding hydrogens is 406 g/mol. The lowest BCUT2D eigenvalue weighted by Gasteiger charge is -2.16. The summed E-state index contributed by atoms with van der Waals surface area (Å²) in [6, 6.07) is 12.4. The van der Waals surface area contributed by atoms with Gasteiger partial charge in [0.15, 0.2) is 11.5 Å². The summed E-state index contributed by atoms with van der Waals surface area (Å²) in [4.78, 5) is 0. The van der Waals surface area contributed by atoms with E-state index in [2.05, 4.69) is 46.4 Å². The number of rotatable bonds is 12. The Labute approximate surface area is 171 Å². The van der Waals surface area contributed by atoms with E-state index in [4.69, 9.17) is 14.6 Å². The van der Waals surface area contributed by atoms with E-state index in [9.17, 15) is 0 Å². The zero-order valence-corrected chi connectivity index (χ0v) is 17.8. The third kappa shape index (κ3) is 7.17. The number of nitrogens with one attached hydrogen (secondary N) is 1. The molecule has 0 unspecified atom stereocenters. The molecule has 2 aromatic carbocycles. The van der Waals surface area contributed by atoms with Crippen LogP contribution in [0.4, 0.5) is 0 Å². The molecule has 0 atom stereocenters. The van der Waals surface area contributed by atoms with E-state index < -0.39 is 0 Å². The van der Waals surface area contributed by atoms with Gasteiger partial charge in [0.25, 0.3) is 0 Å². The number of unbranched alkanes of at least 4 members (excludes halogenated alkanes) is 2. The lowest BCUT2D eigenvalue weighted by Crippen LogP contribution is -2.15. The van der Waals surface area contributed by atoms with Gasteiger partial charge in [-0.1, -0.05) is 24.3 Å². The van der Waals surface area contributed by atoms with E-state index in [1.807, 2.05) is 25.1 Å². The molecule has 0 saturated heterocycles. The van der Waals surface area contributed by atoms with Crippen LogP contribution in [0.15, 0.2) is 40.9 Å². The van der Waals surface area contributed by atoms with E-state index >= 15 is 0 Å². The summed E-state index contributed by atoms with van der Waals surface area (Å²) in [6.45, 7) is 7.15. The summed E-state index contributed by atoms with van der Waals surface area (Å²) in [7, 11) is 0. The molecule has 0 heterocycles. The highest BCUT2D eigenvalue weighted by Crippen LogP contribution is 2.37. The van der Waals surface area contributed by atoms with Crippen molar-refractivity contribution in [3.63, 3.8) is 0 Å². The Balaban J connectivity index is 2.01. The smallest absolute Gasteiger partial charge is 0.175 e. The first-order valence-corrected chi connectivity index (χ1v) is 10.4. The van der Waals surface area contributed by atoms with Crippen LogP contribution in [0, 0.1) is 6.92 Å². The largest absolute Gasteiger partial charge is 0.490 e. The summed E-state index contributed by atoms with van der Waals surface area (Å²) in [5.74, 6) is 1.50. The monoisotopic (exact) mass is 435 g/mol. The second kappa shape index (κ2) is 12.0. The van der Waals surface area contributed by atoms with Crippen molar-refractivity contribution in [3.8, 4) is 11.5 Å². The predicted molar refractivity (Wildman–Crippen MR) is 113 cm³/mol. The van der Waals surface area contributed by atoms with Gasteiger partial charge in [-0.05, 0) is 84.4 Å². The SMILES string of the molecule is CCOc1cc(CNCCCCCO)cc(Br)c1OCc1ccccc1C. The minimum atomic E-state index is 0.272. The van der Waals surface area contributed by atoms with E-state index in [0.717, 1.165) is 53.9 Å². The molecule has 5 heteroatoms. The summed E-state index contributed by atoms with van der Waals surface area (Å²) in [5, 5.41) is 12.3. The topological polar surface area (TPSA) is 50.7 Å². The van der Waals surface area contributed by atoms with Crippen molar-refractivity contribution in [2.45, 2.75) is 46.3 Å². The maximum Gasteiger partial charge on any atom is 0.175 e. The number of hydrogen-bond acceptors (Lipinski definition) is 4. The van der Waals surface area contributed by atoms with Gasteiger partial charge in [-0.25, -0.2) is 0 Å². The maximum absolute atomic E-state index is 8.82. The van der Waals surface area contributed by atoms with E-state index in [0.29, 0.717) is 13.2 Å². The summed E-state index contributed by atoms with van der Waals surface area (Å²) >= 11 is 3.64. The Bertz CT molecular complexity index is 706. The van der Waals surface area contributed by atoms with E-state index in [1.54, 1.807) is 0 Å². The second-order valence-electron chi connectivity index (χ2n) is 6.51. The minimum absolute atomic E-state index is 0.272. The summed E-state index contributed by atoms with van der Waals surface area (Å²) < 4.78 is 12.8. The zero-order valence-electron chi connectivity index (χ0n) is 16.3. The van der Waals surface area contributed by atoms with Crippen molar-refractivity contribution in [2.75, 3.05) is 19.8 Å². The van der Waals surface area contributed by atoms with Crippen LogP contribution in [0.5, 0.6) is 11.5 Å². The number of aryl methyl sites for hydroxylation is 1. The van der Waals surface area contributed by atoms with Crippen molar-refractivity contribution in [1.29, 1.82) is 0 Å².